The van der Waals surface area contributed by atoms with Gasteiger partial charge in [-0.1, -0.05) is 32.9 Å². The molecule has 0 fully saturated rings. The molecule has 2 N–H and O–H groups in total. The summed E-state index contributed by atoms with van der Waals surface area (Å²) >= 11 is 0. The first-order valence-corrected chi connectivity index (χ1v) is 6.94. The van der Waals surface area contributed by atoms with Gasteiger partial charge in [-0.05, 0) is 17.5 Å². The van der Waals surface area contributed by atoms with Crippen molar-refractivity contribution in [3.8, 4) is 0 Å². The van der Waals surface area contributed by atoms with Crippen LogP contribution < -0.4 is 10.6 Å². The summed E-state index contributed by atoms with van der Waals surface area (Å²) in [5.74, 6) is 0.589. The van der Waals surface area contributed by atoms with E-state index < -0.39 is 0 Å². The molecule has 0 atom stereocenters. The number of benzene rings is 1. The van der Waals surface area contributed by atoms with Crippen LogP contribution in [0.2, 0.25) is 0 Å². The van der Waals surface area contributed by atoms with E-state index in [-0.39, 0.29) is 11.2 Å². The van der Waals surface area contributed by atoms with Gasteiger partial charge in [0.2, 0.25) is 0 Å². The molecule has 4 heteroatoms. The van der Waals surface area contributed by atoms with E-state index in [9.17, 15) is 4.39 Å². The van der Waals surface area contributed by atoms with Crippen molar-refractivity contribution in [2.24, 2.45) is 10.4 Å². The van der Waals surface area contributed by atoms with E-state index in [1.165, 1.54) is 6.07 Å². The highest BCUT2D eigenvalue weighted by Crippen LogP contribution is 2.17. The SMILES string of the molecule is CC(C)(C)CNC1=NCCNC(c2ccccc2F)=C1. The molecule has 0 unspecified atom stereocenters. The van der Waals surface area contributed by atoms with Crippen LogP contribution in [0, 0.1) is 11.2 Å². The molecule has 0 bridgehead atoms. The van der Waals surface area contributed by atoms with Crippen molar-refractivity contribution >= 4 is 11.5 Å². The number of aliphatic imine (C=N–C) groups is 1. The van der Waals surface area contributed by atoms with Crippen molar-refractivity contribution in [1.29, 1.82) is 0 Å². The van der Waals surface area contributed by atoms with Gasteiger partial charge in [-0.2, -0.15) is 0 Å². The summed E-state index contributed by atoms with van der Waals surface area (Å²) in [4.78, 5) is 4.48. The van der Waals surface area contributed by atoms with Crippen LogP contribution in [0.1, 0.15) is 26.3 Å². The maximum Gasteiger partial charge on any atom is 0.132 e. The van der Waals surface area contributed by atoms with E-state index in [1.54, 1.807) is 12.1 Å². The topological polar surface area (TPSA) is 36.4 Å². The molecule has 0 amide bonds. The summed E-state index contributed by atoms with van der Waals surface area (Å²) < 4.78 is 13.9. The van der Waals surface area contributed by atoms with Crippen molar-refractivity contribution < 1.29 is 4.39 Å². The molecule has 3 nitrogen and oxygen atoms in total. The molecule has 1 aliphatic heterocycles. The number of nitrogens with one attached hydrogen (secondary N) is 2. The molecule has 1 aromatic rings. The van der Waals surface area contributed by atoms with Crippen molar-refractivity contribution in [3.63, 3.8) is 0 Å². The van der Waals surface area contributed by atoms with Crippen molar-refractivity contribution in [2.45, 2.75) is 20.8 Å². The van der Waals surface area contributed by atoms with Crippen LogP contribution in [0.3, 0.4) is 0 Å². The number of rotatable bonds is 2. The van der Waals surface area contributed by atoms with E-state index in [2.05, 4.69) is 36.4 Å². The van der Waals surface area contributed by atoms with Crippen LogP contribution in [0.5, 0.6) is 0 Å². The zero-order valence-corrected chi connectivity index (χ0v) is 12.3. The molecule has 0 radical (unpaired) electrons. The van der Waals surface area contributed by atoms with Gasteiger partial charge in [0, 0.05) is 30.4 Å². The fourth-order valence-corrected chi connectivity index (χ4v) is 1.92. The molecular weight excluding hydrogens is 253 g/mol. The molecule has 108 valence electrons. The molecule has 20 heavy (non-hydrogen) atoms. The number of hydrogen-bond acceptors (Lipinski definition) is 3. The Kier molecular flexibility index (Phi) is 4.42. The van der Waals surface area contributed by atoms with Gasteiger partial charge in [0.25, 0.3) is 0 Å². The molecule has 1 aliphatic rings. The first-order chi connectivity index (χ1) is 9.46. The normalized spacial score (nSPS) is 15.8. The molecule has 1 heterocycles. The van der Waals surface area contributed by atoms with Gasteiger partial charge in [-0.25, -0.2) is 4.39 Å². The zero-order chi connectivity index (χ0) is 14.6. The third kappa shape index (κ3) is 4.08. The fourth-order valence-electron chi connectivity index (χ4n) is 1.92. The van der Waals surface area contributed by atoms with Crippen molar-refractivity contribution in [1.82, 2.24) is 10.6 Å². The Balaban J connectivity index is 2.19. The quantitative estimate of drug-likeness (QED) is 0.870. The average Bonchev–Trinajstić information content (AvgIpc) is 2.61. The molecule has 0 aliphatic carbocycles. The van der Waals surface area contributed by atoms with Gasteiger partial charge in [0.05, 0.1) is 6.54 Å². The predicted molar refractivity (Wildman–Crippen MR) is 82.1 cm³/mol. The molecule has 0 spiro atoms. The van der Waals surface area contributed by atoms with Gasteiger partial charge >= 0.3 is 0 Å². The number of halogens is 1. The minimum absolute atomic E-state index is 0.175. The molecule has 0 saturated carbocycles. The highest BCUT2D eigenvalue weighted by molar-refractivity contribution is 5.99. The first kappa shape index (κ1) is 14.6. The van der Waals surface area contributed by atoms with Crippen LogP contribution >= 0.6 is 0 Å². The third-order valence-corrected chi connectivity index (χ3v) is 2.95. The lowest BCUT2D eigenvalue weighted by molar-refractivity contribution is 0.409. The number of hydrogen-bond donors (Lipinski definition) is 2. The second-order valence-electron chi connectivity index (χ2n) is 6.15. The summed E-state index contributed by atoms with van der Waals surface area (Å²) in [5.41, 5.74) is 1.54. The van der Waals surface area contributed by atoms with Crippen molar-refractivity contribution in [3.05, 3.63) is 41.7 Å². The number of amidine groups is 1. The van der Waals surface area contributed by atoms with Crippen LogP contribution in [-0.4, -0.2) is 25.5 Å². The second kappa shape index (κ2) is 6.07. The predicted octanol–water partition coefficient (Wildman–Crippen LogP) is 2.80. The molecular formula is C16H22FN3. The summed E-state index contributed by atoms with van der Waals surface area (Å²) in [6.45, 7) is 8.71. The maximum absolute atomic E-state index is 13.9. The van der Waals surface area contributed by atoms with Gasteiger partial charge in [0.15, 0.2) is 0 Å². The highest BCUT2D eigenvalue weighted by atomic mass is 19.1. The molecule has 0 saturated heterocycles. The second-order valence-corrected chi connectivity index (χ2v) is 6.15. The summed E-state index contributed by atoms with van der Waals surface area (Å²) in [7, 11) is 0. The fraction of sp³-hybridized carbons (Fsp3) is 0.438. The Labute approximate surface area is 120 Å². The molecule has 2 rings (SSSR count). The lowest BCUT2D eigenvalue weighted by atomic mass is 9.97. The van der Waals surface area contributed by atoms with E-state index in [0.29, 0.717) is 18.7 Å². The Morgan fingerprint density at radius 2 is 2.05 bits per heavy atom. The van der Waals surface area contributed by atoms with Crippen LogP contribution in [-0.2, 0) is 0 Å². The van der Waals surface area contributed by atoms with E-state index in [1.807, 2.05) is 12.1 Å². The minimum Gasteiger partial charge on any atom is -0.383 e. The largest absolute Gasteiger partial charge is 0.383 e. The lowest BCUT2D eigenvalue weighted by Gasteiger charge is -2.19. The van der Waals surface area contributed by atoms with E-state index >= 15 is 0 Å². The standard InChI is InChI=1S/C16H22FN3/c1-16(2,3)11-20-15-10-14(18-8-9-19-15)12-6-4-5-7-13(12)17/h4-7,10,18H,8-9,11H2,1-3H3,(H,19,20). The Morgan fingerprint density at radius 1 is 1.30 bits per heavy atom. The van der Waals surface area contributed by atoms with Crippen LogP contribution in [0.25, 0.3) is 5.70 Å². The van der Waals surface area contributed by atoms with Crippen LogP contribution in [0.4, 0.5) is 4.39 Å². The van der Waals surface area contributed by atoms with Gasteiger partial charge in [-0.15, -0.1) is 0 Å². The Morgan fingerprint density at radius 3 is 2.75 bits per heavy atom. The van der Waals surface area contributed by atoms with E-state index in [4.69, 9.17) is 0 Å². The van der Waals surface area contributed by atoms with Gasteiger partial charge in [-0.3, -0.25) is 4.99 Å². The Hall–Kier alpha value is -1.84. The van der Waals surface area contributed by atoms with Gasteiger partial charge in [0.1, 0.15) is 11.7 Å². The average molecular weight is 275 g/mol. The maximum atomic E-state index is 13.9. The first-order valence-electron chi connectivity index (χ1n) is 6.94. The zero-order valence-electron chi connectivity index (χ0n) is 12.3. The third-order valence-electron chi connectivity index (χ3n) is 2.95. The number of nitrogens with zero attached hydrogens (tertiary/aromatic N) is 1. The minimum atomic E-state index is -0.219. The smallest absolute Gasteiger partial charge is 0.132 e. The highest BCUT2D eigenvalue weighted by Gasteiger charge is 2.13. The summed E-state index contributed by atoms with van der Waals surface area (Å²) in [5, 5.41) is 6.56. The van der Waals surface area contributed by atoms with Crippen LogP contribution in [0.15, 0.2) is 35.3 Å². The monoisotopic (exact) mass is 275 g/mol. The van der Waals surface area contributed by atoms with Gasteiger partial charge < -0.3 is 10.6 Å². The van der Waals surface area contributed by atoms with Crippen molar-refractivity contribution in [2.75, 3.05) is 19.6 Å². The van der Waals surface area contributed by atoms with E-state index in [0.717, 1.165) is 18.1 Å². The lowest BCUT2D eigenvalue weighted by Crippen LogP contribution is -2.31. The Bertz CT molecular complexity index is 527. The summed E-state index contributed by atoms with van der Waals surface area (Å²) in [6, 6.07) is 6.79. The molecule has 1 aromatic carbocycles. The summed E-state index contributed by atoms with van der Waals surface area (Å²) in [6.07, 6.45) is 1.89. The molecule has 0 aromatic heterocycles.